The first-order valence-electron chi connectivity index (χ1n) is 10.4. The Labute approximate surface area is 193 Å². The first kappa shape index (κ1) is 25.0. The average Bonchev–Trinajstić information content (AvgIpc) is 2.80. The van der Waals surface area contributed by atoms with Crippen molar-refractivity contribution >= 4 is 5.97 Å². The summed E-state index contributed by atoms with van der Waals surface area (Å²) >= 11 is 0. The number of rotatable bonds is 11. The molecular formula is C25H22F4O5. The summed E-state index contributed by atoms with van der Waals surface area (Å²) in [5.41, 5.74) is -0.354. The Kier molecular flexibility index (Phi) is 8.48. The quantitative estimate of drug-likeness (QED) is 0.253. The molecule has 0 bridgehead atoms. The second kappa shape index (κ2) is 11.5. The van der Waals surface area contributed by atoms with E-state index < -0.39 is 23.8 Å². The molecule has 3 aromatic carbocycles. The van der Waals surface area contributed by atoms with E-state index in [9.17, 15) is 27.5 Å². The van der Waals surface area contributed by atoms with Gasteiger partial charge in [-0.2, -0.15) is 13.2 Å². The number of carboxylic acids is 1. The number of carbonyl (C=O) groups is 1. The summed E-state index contributed by atoms with van der Waals surface area (Å²) in [5, 5.41) is 9.41. The van der Waals surface area contributed by atoms with Crippen molar-refractivity contribution < 1.29 is 41.7 Å². The van der Waals surface area contributed by atoms with Gasteiger partial charge in [0.15, 0.2) is 6.10 Å². The number of alkyl halides is 3. The van der Waals surface area contributed by atoms with Crippen LogP contribution in [0.4, 0.5) is 17.6 Å². The van der Waals surface area contributed by atoms with E-state index in [0.29, 0.717) is 23.5 Å². The van der Waals surface area contributed by atoms with E-state index >= 15 is 0 Å². The van der Waals surface area contributed by atoms with Gasteiger partial charge in [-0.15, -0.1) is 0 Å². The van der Waals surface area contributed by atoms with Gasteiger partial charge < -0.3 is 19.3 Å². The van der Waals surface area contributed by atoms with Crippen LogP contribution in [-0.2, 0) is 22.3 Å². The maximum atomic E-state index is 13.6. The molecule has 34 heavy (non-hydrogen) atoms. The molecule has 0 aromatic heterocycles. The molecule has 0 amide bonds. The smallest absolute Gasteiger partial charge is 0.416 e. The number of ether oxygens (including phenoxy) is 3. The van der Waals surface area contributed by atoms with Gasteiger partial charge in [0.05, 0.1) is 12.2 Å². The lowest BCUT2D eigenvalue weighted by molar-refractivity contribution is -0.145. The van der Waals surface area contributed by atoms with Gasteiger partial charge >= 0.3 is 12.1 Å². The highest BCUT2D eigenvalue weighted by Gasteiger charge is 2.30. The Hall–Kier alpha value is -3.59. The molecule has 1 N–H and O–H groups in total. The van der Waals surface area contributed by atoms with Crippen molar-refractivity contribution in [1.29, 1.82) is 0 Å². The molecule has 0 spiro atoms. The molecular weight excluding hydrogens is 456 g/mol. The summed E-state index contributed by atoms with van der Waals surface area (Å²) < 4.78 is 67.9. The fourth-order valence-corrected chi connectivity index (χ4v) is 3.00. The highest BCUT2D eigenvalue weighted by Crippen LogP contribution is 2.31. The summed E-state index contributed by atoms with van der Waals surface area (Å²) in [6, 6.07) is 16.5. The standard InChI is InChI=1S/C25H22F4O5/c26-22-5-2-1-4-17(22)16-32-15-3-6-23(24(30)31)34-21-13-11-20(12-14-21)33-19-9-7-18(8-10-19)25(27,28)29/h1-2,4-5,7-14,23H,3,6,15-16H2,(H,30,31). The Morgan fingerprint density at radius 3 is 2.06 bits per heavy atom. The first-order chi connectivity index (χ1) is 16.2. The van der Waals surface area contributed by atoms with Crippen molar-refractivity contribution in [2.24, 2.45) is 0 Å². The average molecular weight is 478 g/mol. The molecule has 0 radical (unpaired) electrons. The van der Waals surface area contributed by atoms with Crippen molar-refractivity contribution in [2.45, 2.75) is 31.7 Å². The Morgan fingerprint density at radius 1 is 0.882 bits per heavy atom. The van der Waals surface area contributed by atoms with E-state index in [2.05, 4.69) is 0 Å². The molecule has 3 rings (SSSR count). The highest BCUT2D eigenvalue weighted by molar-refractivity contribution is 5.72. The zero-order valence-corrected chi connectivity index (χ0v) is 17.9. The van der Waals surface area contributed by atoms with Gasteiger partial charge in [0, 0.05) is 12.2 Å². The van der Waals surface area contributed by atoms with E-state index in [1.54, 1.807) is 18.2 Å². The monoisotopic (exact) mass is 478 g/mol. The van der Waals surface area contributed by atoms with Crippen LogP contribution in [0.2, 0.25) is 0 Å². The molecule has 180 valence electrons. The predicted molar refractivity (Wildman–Crippen MR) is 115 cm³/mol. The molecule has 0 saturated heterocycles. The predicted octanol–water partition coefficient (Wildman–Crippen LogP) is 6.47. The van der Waals surface area contributed by atoms with Crippen LogP contribution >= 0.6 is 0 Å². The Morgan fingerprint density at radius 2 is 1.47 bits per heavy atom. The van der Waals surface area contributed by atoms with Gasteiger partial charge in [-0.25, -0.2) is 9.18 Å². The van der Waals surface area contributed by atoms with Crippen LogP contribution in [0.3, 0.4) is 0 Å². The van der Waals surface area contributed by atoms with Crippen molar-refractivity contribution in [2.75, 3.05) is 6.61 Å². The lowest BCUT2D eigenvalue weighted by Gasteiger charge is -2.16. The third kappa shape index (κ3) is 7.48. The fourth-order valence-electron chi connectivity index (χ4n) is 3.00. The third-order valence-corrected chi connectivity index (χ3v) is 4.77. The van der Waals surface area contributed by atoms with Crippen LogP contribution in [0.5, 0.6) is 17.2 Å². The van der Waals surface area contributed by atoms with Crippen molar-refractivity contribution in [3.05, 3.63) is 89.7 Å². The van der Waals surface area contributed by atoms with E-state index in [-0.39, 0.29) is 31.2 Å². The first-order valence-corrected chi connectivity index (χ1v) is 10.4. The van der Waals surface area contributed by atoms with Crippen molar-refractivity contribution in [1.82, 2.24) is 0 Å². The topological polar surface area (TPSA) is 65.0 Å². The fraction of sp³-hybridized carbons (Fsp3) is 0.240. The second-order valence-corrected chi connectivity index (χ2v) is 7.33. The molecule has 9 heteroatoms. The van der Waals surface area contributed by atoms with Gasteiger partial charge in [0.2, 0.25) is 0 Å². The molecule has 0 aliphatic heterocycles. The zero-order valence-electron chi connectivity index (χ0n) is 17.9. The van der Waals surface area contributed by atoms with Gasteiger partial charge in [0.1, 0.15) is 23.1 Å². The number of carboxylic acid groups (broad SMARTS) is 1. The van der Waals surface area contributed by atoms with E-state index in [1.807, 2.05) is 0 Å². The number of aliphatic carboxylic acids is 1. The molecule has 1 atom stereocenters. The molecule has 0 aliphatic rings. The zero-order chi connectivity index (χ0) is 24.6. The minimum Gasteiger partial charge on any atom is -0.479 e. The van der Waals surface area contributed by atoms with E-state index in [4.69, 9.17) is 14.2 Å². The second-order valence-electron chi connectivity index (χ2n) is 7.33. The van der Waals surface area contributed by atoms with Crippen LogP contribution in [0, 0.1) is 5.82 Å². The van der Waals surface area contributed by atoms with Crippen LogP contribution in [0.25, 0.3) is 0 Å². The Bertz CT molecular complexity index is 1070. The minimum atomic E-state index is -4.43. The molecule has 3 aromatic rings. The van der Waals surface area contributed by atoms with Crippen molar-refractivity contribution in [3.63, 3.8) is 0 Å². The number of hydrogen-bond acceptors (Lipinski definition) is 4. The molecule has 0 heterocycles. The third-order valence-electron chi connectivity index (χ3n) is 4.77. The Balaban J connectivity index is 1.47. The van der Waals surface area contributed by atoms with E-state index in [1.165, 1.54) is 42.5 Å². The molecule has 1 unspecified atom stereocenters. The minimum absolute atomic E-state index is 0.0890. The van der Waals surface area contributed by atoms with Crippen LogP contribution in [0.15, 0.2) is 72.8 Å². The van der Waals surface area contributed by atoms with Crippen LogP contribution in [-0.4, -0.2) is 23.8 Å². The summed E-state index contributed by atoms with van der Waals surface area (Å²) in [4.78, 5) is 11.5. The largest absolute Gasteiger partial charge is 0.479 e. The van der Waals surface area contributed by atoms with Crippen LogP contribution in [0.1, 0.15) is 24.0 Å². The lowest BCUT2D eigenvalue weighted by Crippen LogP contribution is -2.27. The number of benzene rings is 3. The van der Waals surface area contributed by atoms with Gasteiger partial charge in [-0.05, 0) is 67.4 Å². The highest BCUT2D eigenvalue weighted by atomic mass is 19.4. The lowest BCUT2D eigenvalue weighted by atomic mass is 10.2. The number of halogens is 4. The maximum absolute atomic E-state index is 13.6. The molecule has 0 aliphatic carbocycles. The molecule has 0 saturated carbocycles. The molecule has 0 fully saturated rings. The van der Waals surface area contributed by atoms with Crippen molar-refractivity contribution in [3.8, 4) is 17.2 Å². The summed E-state index contributed by atoms with van der Waals surface area (Å²) in [7, 11) is 0. The normalized spacial score (nSPS) is 12.2. The van der Waals surface area contributed by atoms with Crippen LogP contribution < -0.4 is 9.47 Å². The van der Waals surface area contributed by atoms with Gasteiger partial charge in [-0.3, -0.25) is 0 Å². The SMILES string of the molecule is O=C(O)C(CCCOCc1ccccc1F)Oc1ccc(Oc2ccc(C(F)(F)F)cc2)cc1. The maximum Gasteiger partial charge on any atom is 0.416 e. The van der Waals surface area contributed by atoms with Gasteiger partial charge in [0.25, 0.3) is 0 Å². The van der Waals surface area contributed by atoms with Gasteiger partial charge in [-0.1, -0.05) is 18.2 Å². The molecule has 5 nitrogen and oxygen atoms in total. The van der Waals surface area contributed by atoms with E-state index in [0.717, 1.165) is 12.1 Å². The summed E-state index contributed by atoms with van der Waals surface area (Å²) in [6.45, 7) is 0.326. The number of hydrogen-bond donors (Lipinski definition) is 1. The summed E-state index contributed by atoms with van der Waals surface area (Å²) in [5.74, 6) is -0.639. The summed E-state index contributed by atoms with van der Waals surface area (Å²) in [6.07, 6.45) is -4.97.